The molecule has 1 N–H and O–H groups in total. The number of anilines is 1. The summed E-state index contributed by atoms with van der Waals surface area (Å²) in [6.45, 7) is 1.40. The van der Waals surface area contributed by atoms with Crippen LogP contribution in [0.25, 0.3) is 0 Å². The number of likely N-dealkylation sites (N-methyl/N-ethyl adjacent to an activating group) is 1. The molecule has 1 amide bonds. The minimum absolute atomic E-state index is 0.0343. The number of halogens is 2. The second-order valence-electron chi connectivity index (χ2n) is 5.05. The molecule has 0 saturated carbocycles. The van der Waals surface area contributed by atoms with E-state index in [1.165, 1.54) is 25.2 Å². The molecule has 6 nitrogen and oxygen atoms in total. The van der Waals surface area contributed by atoms with Crippen LogP contribution >= 0.6 is 23.2 Å². The molecule has 2 aromatic rings. The van der Waals surface area contributed by atoms with E-state index in [4.69, 9.17) is 23.2 Å². The standard InChI is InChI=1S/C15H15Cl2N3O3S/c1-10-4-3-5-14(18-10)19-15(21)9-20(2)24(22,23)13-8-11(16)6-7-12(13)17/h3-8H,9H2,1-2H3,(H,18,19,21). The Morgan fingerprint density at radius 2 is 1.96 bits per heavy atom. The Balaban J connectivity index is 2.14. The highest BCUT2D eigenvalue weighted by Crippen LogP contribution is 2.27. The van der Waals surface area contributed by atoms with Crippen molar-refractivity contribution < 1.29 is 13.2 Å². The van der Waals surface area contributed by atoms with Gasteiger partial charge < -0.3 is 5.32 Å². The van der Waals surface area contributed by atoms with Gasteiger partial charge in [-0.2, -0.15) is 4.31 Å². The van der Waals surface area contributed by atoms with Gasteiger partial charge in [0.1, 0.15) is 10.7 Å². The first-order valence-corrected chi connectivity index (χ1v) is 9.04. The van der Waals surface area contributed by atoms with Crippen molar-refractivity contribution in [2.75, 3.05) is 18.9 Å². The topological polar surface area (TPSA) is 79.4 Å². The maximum atomic E-state index is 12.5. The summed E-state index contributed by atoms with van der Waals surface area (Å²) in [6, 6.07) is 9.26. The molecule has 0 aliphatic rings. The largest absolute Gasteiger partial charge is 0.310 e. The lowest BCUT2D eigenvalue weighted by molar-refractivity contribution is -0.116. The van der Waals surface area contributed by atoms with Crippen LogP contribution < -0.4 is 5.32 Å². The first-order valence-electron chi connectivity index (χ1n) is 6.85. The lowest BCUT2D eigenvalue weighted by Gasteiger charge is -2.17. The molecule has 1 heterocycles. The first kappa shape index (κ1) is 18.7. The van der Waals surface area contributed by atoms with Crippen molar-refractivity contribution in [2.45, 2.75) is 11.8 Å². The highest BCUT2D eigenvalue weighted by atomic mass is 35.5. The van der Waals surface area contributed by atoms with Crippen LogP contribution in [0, 0.1) is 6.92 Å². The average molecular weight is 388 g/mol. The van der Waals surface area contributed by atoms with Crippen LogP contribution in [0.15, 0.2) is 41.3 Å². The molecule has 0 atom stereocenters. The number of aromatic nitrogens is 1. The van der Waals surface area contributed by atoms with Crippen molar-refractivity contribution in [1.82, 2.24) is 9.29 Å². The zero-order valence-corrected chi connectivity index (χ0v) is 15.3. The second-order valence-corrected chi connectivity index (χ2v) is 7.91. The minimum Gasteiger partial charge on any atom is -0.310 e. The van der Waals surface area contributed by atoms with E-state index in [9.17, 15) is 13.2 Å². The van der Waals surface area contributed by atoms with Gasteiger partial charge in [-0.05, 0) is 37.3 Å². The monoisotopic (exact) mass is 387 g/mol. The Morgan fingerprint density at radius 1 is 1.25 bits per heavy atom. The maximum Gasteiger partial charge on any atom is 0.244 e. The van der Waals surface area contributed by atoms with Crippen LogP contribution in [-0.2, 0) is 14.8 Å². The molecule has 0 unspecified atom stereocenters. The van der Waals surface area contributed by atoms with Gasteiger partial charge in [0.25, 0.3) is 0 Å². The van der Waals surface area contributed by atoms with Crippen LogP contribution in [-0.4, -0.2) is 37.2 Å². The van der Waals surface area contributed by atoms with Crippen molar-refractivity contribution in [1.29, 1.82) is 0 Å². The summed E-state index contributed by atoms with van der Waals surface area (Å²) in [5, 5.41) is 2.82. The number of nitrogens with one attached hydrogen (secondary N) is 1. The summed E-state index contributed by atoms with van der Waals surface area (Å²) < 4.78 is 26.0. The van der Waals surface area contributed by atoms with Crippen molar-refractivity contribution >= 4 is 45.0 Å². The lowest BCUT2D eigenvalue weighted by Crippen LogP contribution is -2.35. The number of nitrogens with zero attached hydrogens (tertiary/aromatic N) is 2. The lowest BCUT2D eigenvalue weighted by atomic mass is 10.4. The molecule has 0 fully saturated rings. The molecular weight excluding hydrogens is 373 g/mol. The quantitative estimate of drug-likeness (QED) is 0.854. The van der Waals surface area contributed by atoms with Crippen molar-refractivity contribution in [3.63, 3.8) is 0 Å². The Labute approximate surface area is 150 Å². The zero-order valence-electron chi connectivity index (χ0n) is 13.0. The van der Waals surface area contributed by atoms with E-state index in [1.54, 1.807) is 25.1 Å². The predicted molar refractivity (Wildman–Crippen MR) is 93.9 cm³/mol. The molecule has 9 heteroatoms. The van der Waals surface area contributed by atoms with Gasteiger partial charge in [0.2, 0.25) is 15.9 Å². The fourth-order valence-electron chi connectivity index (χ4n) is 1.93. The molecule has 0 spiro atoms. The third-order valence-corrected chi connectivity index (χ3v) is 5.62. The Bertz CT molecular complexity index is 872. The molecule has 0 aliphatic carbocycles. The molecule has 0 saturated heterocycles. The number of pyridine rings is 1. The molecule has 1 aromatic heterocycles. The number of aryl methyl sites for hydroxylation is 1. The summed E-state index contributed by atoms with van der Waals surface area (Å²) >= 11 is 11.8. The van der Waals surface area contributed by atoms with Gasteiger partial charge in [-0.25, -0.2) is 13.4 Å². The van der Waals surface area contributed by atoms with E-state index >= 15 is 0 Å². The van der Waals surface area contributed by atoms with Gasteiger partial charge in [0.05, 0.1) is 11.6 Å². The van der Waals surface area contributed by atoms with E-state index in [1.807, 2.05) is 0 Å². The molecule has 1 aromatic carbocycles. The number of benzene rings is 1. The second kappa shape index (κ2) is 7.48. The van der Waals surface area contributed by atoms with Crippen LogP contribution in [0.4, 0.5) is 5.82 Å². The number of hydrogen-bond donors (Lipinski definition) is 1. The first-order chi connectivity index (χ1) is 11.2. The SMILES string of the molecule is Cc1cccc(NC(=O)CN(C)S(=O)(=O)c2cc(Cl)ccc2Cl)n1. The fourth-order valence-corrected chi connectivity index (χ4v) is 3.79. The Hall–Kier alpha value is -1.67. The maximum absolute atomic E-state index is 12.5. The van der Waals surface area contributed by atoms with E-state index in [0.29, 0.717) is 5.82 Å². The predicted octanol–water partition coefficient (Wildman–Crippen LogP) is 2.96. The third kappa shape index (κ3) is 4.45. The molecule has 128 valence electrons. The summed E-state index contributed by atoms with van der Waals surface area (Å²) in [6.07, 6.45) is 0. The highest BCUT2D eigenvalue weighted by molar-refractivity contribution is 7.89. The van der Waals surface area contributed by atoms with Gasteiger partial charge in [-0.1, -0.05) is 29.3 Å². The van der Waals surface area contributed by atoms with Gasteiger partial charge >= 0.3 is 0 Å². The smallest absolute Gasteiger partial charge is 0.244 e. The fraction of sp³-hybridized carbons (Fsp3) is 0.200. The van der Waals surface area contributed by atoms with Crippen molar-refractivity contribution in [3.05, 3.63) is 52.1 Å². The highest BCUT2D eigenvalue weighted by Gasteiger charge is 2.25. The van der Waals surface area contributed by atoms with Gasteiger partial charge in [0.15, 0.2) is 0 Å². The third-order valence-electron chi connectivity index (χ3n) is 3.10. The molecule has 2 rings (SSSR count). The van der Waals surface area contributed by atoms with Crippen molar-refractivity contribution in [2.24, 2.45) is 0 Å². The van der Waals surface area contributed by atoms with E-state index in [2.05, 4.69) is 10.3 Å². The molecular formula is C15H15Cl2N3O3S. The van der Waals surface area contributed by atoms with Crippen LogP contribution in [0.3, 0.4) is 0 Å². The van der Waals surface area contributed by atoms with E-state index in [-0.39, 0.29) is 21.5 Å². The number of carbonyl (C=O) groups is 1. The molecule has 24 heavy (non-hydrogen) atoms. The summed E-state index contributed by atoms with van der Waals surface area (Å²) in [5.74, 6) is -0.163. The average Bonchev–Trinajstić information content (AvgIpc) is 2.49. The number of rotatable bonds is 5. The van der Waals surface area contributed by atoms with E-state index < -0.39 is 15.9 Å². The van der Waals surface area contributed by atoms with Gasteiger partial charge in [0, 0.05) is 17.8 Å². The zero-order chi connectivity index (χ0) is 17.9. The Morgan fingerprint density at radius 3 is 2.62 bits per heavy atom. The molecule has 0 aliphatic heterocycles. The Kier molecular flexibility index (Phi) is 5.82. The van der Waals surface area contributed by atoms with Crippen LogP contribution in [0.1, 0.15) is 5.69 Å². The van der Waals surface area contributed by atoms with Crippen LogP contribution in [0.5, 0.6) is 0 Å². The van der Waals surface area contributed by atoms with Gasteiger partial charge in [-0.3, -0.25) is 4.79 Å². The molecule has 0 bridgehead atoms. The normalized spacial score (nSPS) is 11.5. The minimum atomic E-state index is -3.95. The summed E-state index contributed by atoms with van der Waals surface area (Å²) in [4.78, 5) is 16.0. The van der Waals surface area contributed by atoms with E-state index in [0.717, 1.165) is 10.00 Å². The molecule has 0 radical (unpaired) electrons. The van der Waals surface area contributed by atoms with Crippen molar-refractivity contribution in [3.8, 4) is 0 Å². The number of amides is 1. The number of sulfonamides is 1. The number of hydrogen-bond acceptors (Lipinski definition) is 4. The van der Waals surface area contributed by atoms with Crippen LogP contribution in [0.2, 0.25) is 10.0 Å². The van der Waals surface area contributed by atoms with Gasteiger partial charge in [-0.15, -0.1) is 0 Å². The summed E-state index contributed by atoms with van der Waals surface area (Å²) in [7, 11) is -2.66. The summed E-state index contributed by atoms with van der Waals surface area (Å²) in [5.41, 5.74) is 0.736. The number of carbonyl (C=O) groups excluding carboxylic acids is 1.